The predicted molar refractivity (Wildman–Crippen MR) is 132 cm³/mol. The zero-order valence-electron chi connectivity index (χ0n) is 19.7. The molecule has 8 heteroatoms. The Kier molecular flexibility index (Phi) is 8.03. The average molecular weight is 485 g/mol. The van der Waals surface area contributed by atoms with Crippen molar-refractivity contribution < 1.29 is 24.2 Å². The van der Waals surface area contributed by atoms with Crippen molar-refractivity contribution in [2.45, 2.75) is 26.3 Å². The molecule has 1 aromatic heterocycles. The Morgan fingerprint density at radius 2 is 1.88 bits per heavy atom. The number of thiophene rings is 1. The van der Waals surface area contributed by atoms with E-state index in [4.69, 9.17) is 9.47 Å². The molecule has 1 N–H and O–H groups in total. The molecule has 3 heterocycles. The molecule has 0 unspecified atom stereocenters. The first kappa shape index (κ1) is 24.4. The second-order valence-electron chi connectivity index (χ2n) is 9.04. The highest BCUT2D eigenvalue weighted by Crippen LogP contribution is 2.41. The summed E-state index contributed by atoms with van der Waals surface area (Å²) in [6, 6.07) is 10.2. The van der Waals surface area contributed by atoms with Gasteiger partial charge in [-0.05, 0) is 48.1 Å². The van der Waals surface area contributed by atoms with Crippen LogP contribution in [0.1, 0.15) is 36.8 Å². The lowest BCUT2D eigenvalue weighted by Crippen LogP contribution is -2.38. The van der Waals surface area contributed by atoms with E-state index in [1.807, 2.05) is 17.5 Å². The van der Waals surface area contributed by atoms with Gasteiger partial charge in [0, 0.05) is 36.6 Å². The van der Waals surface area contributed by atoms with Crippen molar-refractivity contribution in [2.75, 3.05) is 46.0 Å². The highest BCUT2D eigenvalue weighted by Gasteiger charge is 2.46. The van der Waals surface area contributed by atoms with Crippen LogP contribution in [0.5, 0.6) is 5.75 Å². The Hall–Kier alpha value is -2.68. The number of carbonyl (C=O) groups excluding carboxylic acids is 2. The Labute approximate surface area is 204 Å². The summed E-state index contributed by atoms with van der Waals surface area (Å²) in [6.07, 6.45) is 0.747. The quantitative estimate of drug-likeness (QED) is 0.330. The molecule has 1 atom stereocenters. The molecule has 0 radical (unpaired) electrons. The number of hydrogen-bond acceptors (Lipinski definition) is 7. The Morgan fingerprint density at radius 3 is 2.53 bits per heavy atom. The van der Waals surface area contributed by atoms with Gasteiger partial charge in [0.1, 0.15) is 11.5 Å². The molecule has 2 saturated heterocycles. The molecule has 34 heavy (non-hydrogen) atoms. The molecule has 2 aromatic rings. The second kappa shape index (κ2) is 11.2. The summed E-state index contributed by atoms with van der Waals surface area (Å²) in [5.41, 5.74) is 0.638. The maximum absolute atomic E-state index is 13.1. The van der Waals surface area contributed by atoms with Crippen molar-refractivity contribution in [3.8, 4) is 5.75 Å². The van der Waals surface area contributed by atoms with Gasteiger partial charge in [-0.25, -0.2) is 0 Å². The molecule has 0 aliphatic carbocycles. The number of aliphatic hydroxyl groups is 1. The van der Waals surface area contributed by atoms with Gasteiger partial charge >= 0.3 is 0 Å². The van der Waals surface area contributed by atoms with Gasteiger partial charge in [0.25, 0.3) is 11.7 Å². The molecule has 2 fully saturated rings. The molecule has 0 bridgehead atoms. The van der Waals surface area contributed by atoms with Gasteiger partial charge in [0.2, 0.25) is 0 Å². The molecular weight excluding hydrogens is 452 g/mol. The standard InChI is InChI=1S/C26H32N2O5S/c1-18(2)17-33-20-8-6-19(7-9-20)24(29)22-23(21-5-3-16-34-21)28(26(31)25(22)30)11-4-10-27-12-14-32-15-13-27/h3,5-9,16,18,23,29H,4,10-15,17H2,1-2H3/t23-/m0/s1. The summed E-state index contributed by atoms with van der Waals surface area (Å²) in [4.78, 5) is 30.9. The minimum absolute atomic E-state index is 0.148. The van der Waals surface area contributed by atoms with Gasteiger partial charge < -0.3 is 19.5 Å². The number of hydrogen-bond donors (Lipinski definition) is 1. The number of likely N-dealkylation sites (tertiary alicyclic amines) is 1. The lowest BCUT2D eigenvalue weighted by Gasteiger charge is -2.28. The van der Waals surface area contributed by atoms with E-state index in [9.17, 15) is 14.7 Å². The van der Waals surface area contributed by atoms with E-state index < -0.39 is 17.7 Å². The van der Waals surface area contributed by atoms with Crippen molar-refractivity contribution in [1.29, 1.82) is 0 Å². The topological polar surface area (TPSA) is 79.3 Å². The largest absolute Gasteiger partial charge is 0.507 e. The Morgan fingerprint density at radius 1 is 1.15 bits per heavy atom. The third kappa shape index (κ3) is 5.51. The molecule has 1 aromatic carbocycles. The summed E-state index contributed by atoms with van der Waals surface area (Å²) in [5.74, 6) is -0.245. The Balaban J connectivity index is 1.56. The van der Waals surface area contributed by atoms with E-state index in [0.717, 1.165) is 44.1 Å². The number of Topliss-reactive ketones (excluding diaryl/α,β-unsaturated/α-hetero) is 1. The van der Waals surface area contributed by atoms with Crippen LogP contribution in [0.3, 0.4) is 0 Å². The highest BCUT2D eigenvalue weighted by atomic mass is 32.1. The lowest BCUT2D eigenvalue weighted by atomic mass is 10.00. The van der Waals surface area contributed by atoms with Gasteiger partial charge in [-0.3, -0.25) is 14.5 Å². The number of morpholine rings is 1. The first-order valence-electron chi connectivity index (χ1n) is 11.8. The van der Waals surface area contributed by atoms with E-state index in [0.29, 0.717) is 30.4 Å². The number of rotatable bonds is 9. The third-order valence-electron chi connectivity index (χ3n) is 6.04. The summed E-state index contributed by atoms with van der Waals surface area (Å²) >= 11 is 1.48. The molecule has 0 saturated carbocycles. The van der Waals surface area contributed by atoms with Crippen molar-refractivity contribution >= 4 is 28.8 Å². The van der Waals surface area contributed by atoms with E-state index in [-0.39, 0.29) is 11.3 Å². The van der Waals surface area contributed by atoms with Gasteiger partial charge in [-0.15, -0.1) is 11.3 Å². The van der Waals surface area contributed by atoms with Crippen LogP contribution in [0.15, 0.2) is 47.4 Å². The maximum atomic E-state index is 13.1. The molecule has 1 amide bonds. The molecule has 2 aliphatic rings. The number of aliphatic hydroxyl groups excluding tert-OH is 1. The summed E-state index contributed by atoms with van der Waals surface area (Å²) in [5, 5.41) is 13.1. The molecule has 2 aliphatic heterocycles. The van der Waals surface area contributed by atoms with Crippen LogP contribution >= 0.6 is 11.3 Å². The van der Waals surface area contributed by atoms with Crippen LogP contribution in [0, 0.1) is 5.92 Å². The van der Waals surface area contributed by atoms with E-state index in [2.05, 4.69) is 18.7 Å². The van der Waals surface area contributed by atoms with Gasteiger partial charge in [-0.2, -0.15) is 0 Å². The maximum Gasteiger partial charge on any atom is 0.295 e. The smallest absolute Gasteiger partial charge is 0.295 e. The first-order valence-corrected chi connectivity index (χ1v) is 12.7. The second-order valence-corrected chi connectivity index (χ2v) is 10.0. The number of carbonyl (C=O) groups is 2. The van der Waals surface area contributed by atoms with Crippen molar-refractivity contribution in [2.24, 2.45) is 5.92 Å². The van der Waals surface area contributed by atoms with Crippen LogP contribution in [0.2, 0.25) is 0 Å². The number of nitrogens with zero attached hydrogens (tertiary/aromatic N) is 2. The van der Waals surface area contributed by atoms with Crippen LogP contribution < -0.4 is 4.74 Å². The fourth-order valence-corrected chi connectivity index (χ4v) is 5.12. The number of ketones is 1. The zero-order chi connectivity index (χ0) is 24.1. The molecule has 182 valence electrons. The number of amides is 1. The van der Waals surface area contributed by atoms with Crippen LogP contribution in [-0.4, -0.2) is 72.6 Å². The fourth-order valence-electron chi connectivity index (χ4n) is 4.27. The molecular formula is C26H32N2O5S. The van der Waals surface area contributed by atoms with Crippen LogP contribution in [0.25, 0.3) is 5.76 Å². The third-order valence-corrected chi connectivity index (χ3v) is 6.97. The van der Waals surface area contributed by atoms with Gasteiger partial charge in [0.05, 0.1) is 31.4 Å². The number of benzene rings is 1. The normalized spacial score (nSPS) is 20.9. The van der Waals surface area contributed by atoms with Crippen LogP contribution in [0.4, 0.5) is 0 Å². The van der Waals surface area contributed by atoms with E-state index >= 15 is 0 Å². The number of ether oxygens (including phenoxy) is 2. The minimum atomic E-state index is -0.637. The van der Waals surface area contributed by atoms with Gasteiger partial charge in [-0.1, -0.05) is 19.9 Å². The average Bonchev–Trinajstić information content (AvgIpc) is 3.46. The Bertz CT molecular complexity index is 1010. The van der Waals surface area contributed by atoms with Crippen molar-refractivity contribution in [3.05, 3.63) is 57.8 Å². The SMILES string of the molecule is CC(C)COc1ccc(C(O)=C2C(=O)C(=O)N(CCCN3CCOCC3)[C@H]2c2cccs2)cc1. The summed E-state index contributed by atoms with van der Waals surface area (Å²) in [6.45, 7) is 9.23. The molecule has 4 rings (SSSR count). The first-order chi connectivity index (χ1) is 16.5. The van der Waals surface area contributed by atoms with E-state index in [1.165, 1.54) is 11.3 Å². The van der Waals surface area contributed by atoms with Crippen molar-refractivity contribution in [3.63, 3.8) is 0 Å². The zero-order valence-corrected chi connectivity index (χ0v) is 20.6. The highest BCUT2D eigenvalue weighted by molar-refractivity contribution is 7.10. The minimum Gasteiger partial charge on any atom is -0.507 e. The van der Waals surface area contributed by atoms with Gasteiger partial charge in [0.15, 0.2) is 0 Å². The van der Waals surface area contributed by atoms with Crippen molar-refractivity contribution in [1.82, 2.24) is 9.80 Å². The fraction of sp³-hybridized carbons (Fsp3) is 0.462. The molecule has 7 nitrogen and oxygen atoms in total. The van der Waals surface area contributed by atoms with Crippen LogP contribution in [-0.2, 0) is 14.3 Å². The summed E-state index contributed by atoms with van der Waals surface area (Å²) < 4.78 is 11.1. The monoisotopic (exact) mass is 484 g/mol. The lowest BCUT2D eigenvalue weighted by molar-refractivity contribution is -0.140. The van der Waals surface area contributed by atoms with E-state index in [1.54, 1.807) is 29.2 Å². The summed E-state index contributed by atoms with van der Waals surface area (Å²) in [7, 11) is 0. The predicted octanol–water partition coefficient (Wildman–Crippen LogP) is 3.93. The molecule has 0 spiro atoms.